The molecule has 17 heavy (non-hydrogen) atoms. The lowest BCUT2D eigenvalue weighted by Crippen LogP contribution is -2.14. The largest absolute Gasteiger partial charge is 0.399 e. The van der Waals surface area contributed by atoms with Gasteiger partial charge in [0.15, 0.2) is 0 Å². The molecule has 0 fully saturated rings. The lowest BCUT2D eigenvalue weighted by Gasteiger charge is -2.12. The molecule has 0 unspecified atom stereocenters. The van der Waals surface area contributed by atoms with Crippen LogP contribution < -0.4 is 5.73 Å². The third-order valence-electron chi connectivity index (χ3n) is 3.19. The second-order valence-corrected chi connectivity index (χ2v) is 6.06. The molecule has 0 amide bonds. The molecule has 1 aromatic carbocycles. The number of anilines is 1. The van der Waals surface area contributed by atoms with E-state index in [1.807, 2.05) is 17.4 Å². The van der Waals surface area contributed by atoms with Crippen molar-refractivity contribution in [3.8, 4) is 0 Å². The van der Waals surface area contributed by atoms with Gasteiger partial charge in [-0.15, -0.1) is 11.3 Å². The Morgan fingerprint density at radius 3 is 2.76 bits per heavy atom. The van der Waals surface area contributed by atoms with Crippen LogP contribution in [0.3, 0.4) is 0 Å². The number of fused-ring (bicyclic) bond motifs is 1. The van der Waals surface area contributed by atoms with Crippen molar-refractivity contribution in [3.63, 3.8) is 0 Å². The summed E-state index contributed by atoms with van der Waals surface area (Å²) in [5.41, 5.74) is 9.50. The van der Waals surface area contributed by atoms with Crippen molar-refractivity contribution in [3.05, 3.63) is 51.2 Å². The lowest BCUT2D eigenvalue weighted by molar-refractivity contribution is 0.278. The lowest BCUT2D eigenvalue weighted by atomic mass is 10.1. The number of hydrogen-bond donors (Lipinski definition) is 1. The molecule has 0 atom stereocenters. The van der Waals surface area contributed by atoms with Crippen LogP contribution in [0.15, 0.2) is 30.3 Å². The van der Waals surface area contributed by atoms with E-state index in [2.05, 4.69) is 36.1 Å². The number of thiophene rings is 1. The van der Waals surface area contributed by atoms with Gasteiger partial charge in [0.05, 0.1) is 0 Å². The molecule has 2 N–H and O–H groups in total. The summed E-state index contributed by atoms with van der Waals surface area (Å²) in [6.07, 6.45) is 0. The summed E-state index contributed by atoms with van der Waals surface area (Å²) in [4.78, 5) is 5.30. The summed E-state index contributed by atoms with van der Waals surface area (Å²) in [6, 6.07) is 10.7. The van der Waals surface area contributed by atoms with Gasteiger partial charge in [-0.3, -0.25) is 4.90 Å². The van der Waals surface area contributed by atoms with Crippen LogP contribution in [0.5, 0.6) is 0 Å². The fourth-order valence-electron chi connectivity index (χ4n) is 2.39. The monoisotopic (exact) mass is 244 g/mol. The minimum Gasteiger partial charge on any atom is -0.399 e. The predicted molar refractivity (Wildman–Crippen MR) is 72.9 cm³/mol. The van der Waals surface area contributed by atoms with Crippen molar-refractivity contribution >= 4 is 17.0 Å². The number of rotatable bonds is 2. The Balaban J connectivity index is 1.74. The smallest absolute Gasteiger partial charge is 0.0335 e. The summed E-state index contributed by atoms with van der Waals surface area (Å²) in [5, 5.41) is 0. The Labute approximate surface area is 106 Å². The highest BCUT2D eigenvalue weighted by molar-refractivity contribution is 7.11. The first-order chi connectivity index (χ1) is 8.20. The second-order valence-electron chi connectivity index (χ2n) is 4.69. The fraction of sp³-hybridized carbons (Fsp3) is 0.286. The molecule has 3 rings (SSSR count). The molecule has 2 aromatic rings. The van der Waals surface area contributed by atoms with Gasteiger partial charge in [-0.25, -0.2) is 0 Å². The molecule has 0 spiro atoms. The molecule has 88 valence electrons. The molecule has 1 aliphatic heterocycles. The van der Waals surface area contributed by atoms with Gasteiger partial charge in [-0.1, -0.05) is 6.07 Å². The number of nitrogens with zero attached hydrogens (tertiary/aromatic N) is 1. The first-order valence-electron chi connectivity index (χ1n) is 5.85. The minimum absolute atomic E-state index is 0.873. The van der Waals surface area contributed by atoms with Crippen LogP contribution in [-0.2, 0) is 19.6 Å². The molecule has 2 heterocycles. The number of nitrogens with two attached hydrogens (primary N) is 1. The number of aryl methyl sites for hydroxylation is 1. The van der Waals surface area contributed by atoms with E-state index in [1.54, 1.807) is 0 Å². The van der Waals surface area contributed by atoms with E-state index in [9.17, 15) is 0 Å². The first kappa shape index (κ1) is 10.8. The van der Waals surface area contributed by atoms with Crippen LogP contribution in [0.2, 0.25) is 0 Å². The quantitative estimate of drug-likeness (QED) is 0.822. The van der Waals surface area contributed by atoms with Gasteiger partial charge in [0.2, 0.25) is 0 Å². The molecular weight excluding hydrogens is 228 g/mol. The topological polar surface area (TPSA) is 29.3 Å². The third kappa shape index (κ3) is 2.21. The van der Waals surface area contributed by atoms with E-state index in [0.29, 0.717) is 0 Å². The molecule has 2 nitrogen and oxygen atoms in total. The summed E-state index contributed by atoms with van der Waals surface area (Å²) < 4.78 is 0. The van der Waals surface area contributed by atoms with Crippen molar-refractivity contribution in [1.82, 2.24) is 4.90 Å². The maximum absolute atomic E-state index is 5.82. The molecule has 1 aromatic heterocycles. The zero-order chi connectivity index (χ0) is 11.8. The second kappa shape index (κ2) is 4.17. The SMILES string of the molecule is Cc1ccc(CN2Cc3ccc(N)cc3C2)s1. The van der Waals surface area contributed by atoms with Crippen LogP contribution in [-0.4, -0.2) is 4.90 Å². The van der Waals surface area contributed by atoms with Crippen molar-refractivity contribution in [2.75, 3.05) is 5.73 Å². The summed E-state index contributed by atoms with van der Waals surface area (Å²) in [7, 11) is 0. The fourth-order valence-corrected chi connectivity index (χ4v) is 3.32. The van der Waals surface area contributed by atoms with Crippen LogP contribution in [0.4, 0.5) is 5.69 Å². The Hall–Kier alpha value is -1.32. The first-order valence-corrected chi connectivity index (χ1v) is 6.67. The maximum atomic E-state index is 5.82. The maximum Gasteiger partial charge on any atom is 0.0335 e. The molecule has 3 heteroatoms. The standard InChI is InChI=1S/C14H16N2S/c1-10-2-5-14(17-10)9-16-7-11-3-4-13(15)6-12(11)8-16/h2-6H,7-9,15H2,1H3. The van der Waals surface area contributed by atoms with Gasteiger partial charge in [0.25, 0.3) is 0 Å². The van der Waals surface area contributed by atoms with E-state index >= 15 is 0 Å². The summed E-state index contributed by atoms with van der Waals surface area (Å²) in [6.45, 7) is 5.28. The Morgan fingerprint density at radius 2 is 2.00 bits per heavy atom. The zero-order valence-corrected chi connectivity index (χ0v) is 10.8. The van der Waals surface area contributed by atoms with Crippen molar-refractivity contribution in [1.29, 1.82) is 0 Å². The normalized spacial score (nSPS) is 15.1. The Kier molecular flexibility index (Phi) is 2.65. The molecule has 0 radical (unpaired) electrons. The van der Waals surface area contributed by atoms with Crippen molar-refractivity contribution in [2.24, 2.45) is 0 Å². The average Bonchev–Trinajstić information content (AvgIpc) is 2.84. The third-order valence-corrected chi connectivity index (χ3v) is 4.18. The van der Waals surface area contributed by atoms with Crippen LogP contribution in [0, 0.1) is 6.92 Å². The van der Waals surface area contributed by atoms with Crippen molar-refractivity contribution in [2.45, 2.75) is 26.6 Å². The summed E-state index contributed by atoms with van der Waals surface area (Å²) in [5.74, 6) is 0. The average molecular weight is 244 g/mol. The highest BCUT2D eigenvalue weighted by atomic mass is 32.1. The van der Waals surface area contributed by atoms with Gasteiger partial charge >= 0.3 is 0 Å². The number of nitrogen functional groups attached to an aromatic ring is 1. The van der Waals surface area contributed by atoms with Gasteiger partial charge in [0.1, 0.15) is 0 Å². The number of hydrogen-bond acceptors (Lipinski definition) is 3. The Bertz CT molecular complexity index is 543. The van der Waals surface area contributed by atoms with Gasteiger partial charge in [-0.2, -0.15) is 0 Å². The van der Waals surface area contributed by atoms with Gasteiger partial charge < -0.3 is 5.73 Å². The number of benzene rings is 1. The zero-order valence-electron chi connectivity index (χ0n) is 9.94. The van der Waals surface area contributed by atoms with Crippen LogP contribution in [0.25, 0.3) is 0 Å². The van der Waals surface area contributed by atoms with Crippen LogP contribution in [0.1, 0.15) is 20.9 Å². The molecule has 1 aliphatic rings. The molecule has 0 bridgehead atoms. The molecule has 0 aliphatic carbocycles. The van der Waals surface area contributed by atoms with E-state index in [0.717, 1.165) is 25.3 Å². The van der Waals surface area contributed by atoms with E-state index in [4.69, 9.17) is 5.73 Å². The predicted octanol–water partition coefficient (Wildman–Crippen LogP) is 3.15. The summed E-state index contributed by atoms with van der Waals surface area (Å²) >= 11 is 1.89. The minimum atomic E-state index is 0.873. The molecular formula is C14H16N2S. The van der Waals surface area contributed by atoms with Gasteiger partial charge in [0, 0.05) is 35.1 Å². The molecule has 0 saturated heterocycles. The van der Waals surface area contributed by atoms with E-state index in [-0.39, 0.29) is 0 Å². The van der Waals surface area contributed by atoms with E-state index in [1.165, 1.54) is 20.9 Å². The van der Waals surface area contributed by atoms with Crippen LogP contribution >= 0.6 is 11.3 Å². The van der Waals surface area contributed by atoms with Crippen molar-refractivity contribution < 1.29 is 0 Å². The van der Waals surface area contributed by atoms with E-state index < -0.39 is 0 Å². The van der Waals surface area contributed by atoms with Gasteiger partial charge in [-0.05, 0) is 42.3 Å². The Morgan fingerprint density at radius 1 is 1.18 bits per heavy atom. The molecule has 0 saturated carbocycles. The highest BCUT2D eigenvalue weighted by Gasteiger charge is 2.19. The highest BCUT2D eigenvalue weighted by Crippen LogP contribution is 2.27.